The van der Waals surface area contributed by atoms with Crippen LogP contribution in [0.5, 0.6) is 0 Å². The second-order valence-electron chi connectivity index (χ2n) is 5.55. The van der Waals surface area contributed by atoms with E-state index in [-0.39, 0.29) is 0 Å². The van der Waals surface area contributed by atoms with Gasteiger partial charge in [0.1, 0.15) is 11.0 Å². The molecule has 0 atom stereocenters. The van der Waals surface area contributed by atoms with Crippen molar-refractivity contribution in [3.05, 3.63) is 0 Å². The number of anilines is 4. The van der Waals surface area contributed by atoms with Crippen molar-refractivity contribution in [2.45, 2.75) is 39.5 Å². The van der Waals surface area contributed by atoms with Crippen LogP contribution in [0.2, 0.25) is 0 Å². The lowest BCUT2D eigenvalue weighted by Gasteiger charge is -2.13. The third-order valence-corrected chi connectivity index (χ3v) is 3.64. The van der Waals surface area contributed by atoms with Gasteiger partial charge in [-0.05, 0) is 12.8 Å². The molecule has 132 valence electrons. The maximum atomic E-state index is 4.59. The molecule has 24 heavy (non-hydrogen) atoms. The van der Waals surface area contributed by atoms with E-state index in [0.29, 0.717) is 34.6 Å². The molecule has 0 radical (unpaired) electrons. The van der Waals surface area contributed by atoms with Crippen molar-refractivity contribution in [2.24, 2.45) is 0 Å². The van der Waals surface area contributed by atoms with E-state index in [4.69, 9.17) is 0 Å². The minimum absolute atomic E-state index is 0.590. The molecule has 8 nitrogen and oxygen atoms in total. The number of hydrogen-bond acceptors (Lipinski definition) is 8. The Balaban J connectivity index is 2.39. The fraction of sp³-hybridized carbons (Fsp3) is 0.625. The fourth-order valence-electron chi connectivity index (χ4n) is 2.28. The smallest absolute Gasteiger partial charge is 0.225 e. The van der Waals surface area contributed by atoms with Crippen LogP contribution >= 0.6 is 0 Å². The summed E-state index contributed by atoms with van der Waals surface area (Å²) in [6.07, 6.45) is 4.40. The molecule has 2 aromatic heterocycles. The summed E-state index contributed by atoms with van der Waals surface area (Å²) >= 11 is 0. The van der Waals surface area contributed by atoms with E-state index in [1.807, 2.05) is 14.1 Å². The standard InChI is InChI=1S/C16H28N8/c1-5-7-9-19-15-21-11-12(13(17-3)23-15)22-16(20-10-8-6-2)24-14(11)18-4/h5-10H2,1-4H3,(H2,17,19,21,23)(H2,18,20,22,24). The number of hydrogen-bond donors (Lipinski definition) is 4. The number of nitrogens with one attached hydrogen (secondary N) is 4. The molecule has 0 aromatic carbocycles. The van der Waals surface area contributed by atoms with Gasteiger partial charge in [0.25, 0.3) is 0 Å². The molecule has 2 heterocycles. The van der Waals surface area contributed by atoms with Gasteiger partial charge in [0.2, 0.25) is 11.9 Å². The maximum Gasteiger partial charge on any atom is 0.225 e. The number of fused-ring (bicyclic) bond motifs is 1. The highest BCUT2D eigenvalue weighted by atomic mass is 15.2. The van der Waals surface area contributed by atoms with Gasteiger partial charge in [0.15, 0.2) is 11.6 Å². The predicted octanol–water partition coefficient (Wildman–Crippen LogP) is 2.93. The lowest BCUT2D eigenvalue weighted by Crippen LogP contribution is -2.11. The summed E-state index contributed by atoms with van der Waals surface area (Å²) in [6, 6.07) is 0. The summed E-state index contributed by atoms with van der Waals surface area (Å²) in [5.41, 5.74) is 1.41. The number of aromatic nitrogens is 4. The lowest BCUT2D eigenvalue weighted by molar-refractivity contribution is 0.825. The van der Waals surface area contributed by atoms with Crippen LogP contribution in [0, 0.1) is 0 Å². The largest absolute Gasteiger partial charge is 0.371 e. The van der Waals surface area contributed by atoms with Gasteiger partial charge in [-0.3, -0.25) is 0 Å². The van der Waals surface area contributed by atoms with Crippen LogP contribution in [-0.2, 0) is 0 Å². The normalized spacial score (nSPS) is 10.7. The summed E-state index contributed by atoms with van der Waals surface area (Å²) in [4.78, 5) is 18.2. The molecule has 0 fully saturated rings. The summed E-state index contributed by atoms with van der Waals surface area (Å²) in [7, 11) is 3.67. The van der Waals surface area contributed by atoms with Gasteiger partial charge < -0.3 is 21.3 Å². The molecule has 0 spiro atoms. The minimum Gasteiger partial charge on any atom is -0.371 e. The van der Waals surface area contributed by atoms with Crippen LogP contribution < -0.4 is 21.3 Å². The van der Waals surface area contributed by atoms with Crippen molar-refractivity contribution in [3.63, 3.8) is 0 Å². The lowest BCUT2D eigenvalue weighted by atomic mass is 10.3. The average Bonchev–Trinajstić information content (AvgIpc) is 2.61. The molecule has 0 aliphatic heterocycles. The summed E-state index contributed by atoms with van der Waals surface area (Å²) in [6.45, 7) is 6.00. The van der Waals surface area contributed by atoms with Gasteiger partial charge in [-0.1, -0.05) is 26.7 Å². The first-order chi connectivity index (χ1) is 11.7. The Hall–Kier alpha value is -2.38. The van der Waals surface area contributed by atoms with E-state index < -0.39 is 0 Å². The van der Waals surface area contributed by atoms with Gasteiger partial charge in [-0.15, -0.1) is 0 Å². The van der Waals surface area contributed by atoms with Crippen LogP contribution in [0.25, 0.3) is 11.0 Å². The quantitative estimate of drug-likeness (QED) is 0.493. The van der Waals surface area contributed by atoms with Gasteiger partial charge >= 0.3 is 0 Å². The Kier molecular flexibility index (Phi) is 6.77. The molecule has 0 saturated heterocycles. The Morgan fingerprint density at radius 3 is 1.42 bits per heavy atom. The van der Waals surface area contributed by atoms with E-state index in [1.54, 1.807) is 0 Å². The Morgan fingerprint density at radius 2 is 1.08 bits per heavy atom. The summed E-state index contributed by atoms with van der Waals surface area (Å²) in [5.74, 6) is 2.56. The molecule has 0 saturated carbocycles. The first kappa shape index (κ1) is 18.0. The van der Waals surface area contributed by atoms with E-state index in [9.17, 15) is 0 Å². The van der Waals surface area contributed by atoms with Crippen LogP contribution in [-0.4, -0.2) is 47.1 Å². The monoisotopic (exact) mass is 332 g/mol. The number of unbranched alkanes of at least 4 members (excludes halogenated alkanes) is 2. The molecule has 0 bridgehead atoms. The Morgan fingerprint density at radius 1 is 0.667 bits per heavy atom. The van der Waals surface area contributed by atoms with Crippen LogP contribution in [0.3, 0.4) is 0 Å². The first-order valence-electron chi connectivity index (χ1n) is 8.66. The third-order valence-electron chi connectivity index (χ3n) is 3.64. The van der Waals surface area contributed by atoms with Crippen molar-refractivity contribution in [1.29, 1.82) is 0 Å². The van der Waals surface area contributed by atoms with Gasteiger partial charge in [0.05, 0.1) is 0 Å². The molecule has 2 aromatic rings. The van der Waals surface area contributed by atoms with Crippen LogP contribution in [0.1, 0.15) is 39.5 Å². The fourth-order valence-corrected chi connectivity index (χ4v) is 2.28. The number of rotatable bonds is 10. The molecule has 0 aliphatic carbocycles. The SMILES string of the molecule is CCCCNc1nc(NC)c2nc(NCCCC)nc(NC)c2n1. The van der Waals surface area contributed by atoms with E-state index in [1.165, 1.54) is 0 Å². The summed E-state index contributed by atoms with van der Waals surface area (Å²) in [5, 5.41) is 12.7. The zero-order valence-electron chi connectivity index (χ0n) is 15.0. The maximum absolute atomic E-state index is 4.59. The van der Waals surface area contributed by atoms with E-state index >= 15 is 0 Å². The predicted molar refractivity (Wildman–Crippen MR) is 101 cm³/mol. The highest BCUT2D eigenvalue weighted by Gasteiger charge is 2.14. The van der Waals surface area contributed by atoms with Gasteiger partial charge in [-0.25, -0.2) is 9.97 Å². The molecular formula is C16H28N8. The molecule has 0 unspecified atom stereocenters. The van der Waals surface area contributed by atoms with E-state index in [0.717, 1.165) is 38.8 Å². The highest BCUT2D eigenvalue weighted by molar-refractivity contribution is 5.94. The molecule has 0 aliphatic rings. The van der Waals surface area contributed by atoms with Gasteiger partial charge in [-0.2, -0.15) is 9.97 Å². The van der Waals surface area contributed by atoms with Crippen molar-refractivity contribution >= 4 is 34.6 Å². The second-order valence-corrected chi connectivity index (χ2v) is 5.55. The van der Waals surface area contributed by atoms with Crippen molar-refractivity contribution in [1.82, 2.24) is 19.9 Å². The first-order valence-corrected chi connectivity index (χ1v) is 8.66. The molecule has 0 amide bonds. The third kappa shape index (κ3) is 4.33. The van der Waals surface area contributed by atoms with E-state index in [2.05, 4.69) is 55.1 Å². The Bertz CT molecular complexity index is 601. The molecular weight excluding hydrogens is 304 g/mol. The van der Waals surface area contributed by atoms with Crippen LogP contribution in [0.4, 0.5) is 23.5 Å². The van der Waals surface area contributed by atoms with Crippen molar-refractivity contribution < 1.29 is 0 Å². The Labute approximate surface area is 143 Å². The average molecular weight is 332 g/mol. The molecule has 4 N–H and O–H groups in total. The molecule has 8 heteroatoms. The highest BCUT2D eigenvalue weighted by Crippen LogP contribution is 2.26. The van der Waals surface area contributed by atoms with Crippen LogP contribution in [0.15, 0.2) is 0 Å². The van der Waals surface area contributed by atoms with Crippen molar-refractivity contribution in [2.75, 3.05) is 48.5 Å². The zero-order valence-corrected chi connectivity index (χ0v) is 15.0. The number of nitrogens with zero attached hydrogens (tertiary/aromatic N) is 4. The molecule has 2 rings (SSSR count). The second kappa shape index (κ2) is 9.05. The summed E-state index contributed by atoms with van der Waals surface area (Å²) < 4.78 is 0. The topological polar surface area (TPSA) is 99.7 Å². The minimum atomic E-state index is 0.590. The zero-order chi connectivity index (χ0) is 17.4. The van der Waals surface area contributed by atoms with Gasteiger partial charge in [0, 0.05) is 27.2 Å². The van der Waals surface area contributed by atoms with Crippen molar-refractivity contribution in [3.8, 4) is 0 Å².